The van der Waals surface area contributed by atoms with Gasteiger partial charge in [0.05, 0.1) is 18.8 Å². The van der Waals surface area contributed by atoms with E-state index in [1.54, 1.807) is 19.1 Å². The van der Waals surface area contributed by atoms with Crippen molar-refractivity contribution in [3.63, 3.8) is 0 Å². The van der Waals surface area contributed by atoms with Gasteiger partial charge in [-0.25, -0.2) is 4.79 Å². The minimum atomic E-state index is -1.75. The van der Waals surface area contributed by atoms with Gasteiger partial charge >= 0.3 is 5.97 Å². The summed E-state index contributed by atoms with van der Waals surface area (Å²) in [6, 6.07) is 6.17. The number of aromatic hydroxyl groups is 1. The Hall–Kier alpha value is -2.55. The monoisotopic (exact) mass is 508 g/mol. The molecule has 12 heteroatoms. The van der Waals surface area contributed by atoms with Crippen LogP contribution in [-0.2, 0) is 28.5 Å². The molecule has 3 aliphatic heterocycles. The van der Waals surface area contributed by atoms with Crippen LogP contribution in [0.25, 0.3) is 6.08 Å². The Morgan fingerprint density at radius 1 is 1.11 bits per heavy atom. The van der Waals surface area contributed by atoms with E-state index in [0.717, 1.165) is 0 Å². The molecule has 11 atom stereocenters. The molecule has 3 fully saturated rings. The third-order valence-corrected chi connectivity index (χ3v) is 7.22. The predicted molar refractivity (Wildman–Crippen MR) is 118 cm³/mol. The average Bonchev–Trinajstić information content (AvgIpc) is 3.48. The van der Waals surface area contributed by atoms with E-state index in [4.69, 9.17) is 23.7 Å². The van der Waals surface area contributed by atoms with E-state index < -0.39 is 78.9 Å². The maximum Gasteiger partial charge on any atom is 0.331 e. The van der Waals surface area contributed by atoms with Crippen molar-refractivity contribution >= 4 is 12.0 Å². The smallest absolute Gasteiger partial charge is 0.331 e. The molecule has 11 unspecified atom stereocenters. The van der Waals surface area contributed by atoms with Crippen molar-refractivity contribution in [2.75, 3.05) is 6.61 Å². The standard InChI is InChI=1S/C24H28O12/c1-23-18-22(35-21-17(30)16(29)15(28)13(10-25)33-21)32-9-8-24(18,31)20(19(23)36-23)34-14(27)7-4-11-2-5-12(26)6-3-11/h2-9,13,15-22,25-26,28-31H,10H2,1H3. The van der Waals surface area contributed by atoms with Gasteiger partial charge in [-0.15, -0.1) is 0 Å². The Morgan fingerprint density at radius 2 is 1.83 bits per heavy atom. The molecule has 12 nitrogen and oxygen atoms in total. The molecular formula is C24H28O12. The van der Waals surface area contributed by atoms with Crippen molar-refractivity contribution in [2.24, 2.45) is 5.92 Å². The number of aliphatic hydroxyl groups excluding tert-OH is 4. The predicted octanol–water partition coefficient (Wildman–Crippen LogP) is -1.48. The van der Waals surface area contributed by atoms with Gasteiger partial charge in [-0.3, -0.25) is 0 Å². The molecule has 0 bridgehead atoms. The highest BCUT2D eigenvalue weighted by Gasteiger charge is 2.80. The van der Waals surface area contributed by atoms with Crippen molar-refractivity contribution in [1.82, 2.24) is 0 Å². The van der Waals surface area contributed by atoms with Gasteiger partial charge in [-0.2, -0.15) is 0 Å². The van der Waals surface area contributed by atoms with Crippen LogP contribution in [0, 0.1) is 5.92 Å². The first-order valence-corrected chi connectivity index (χ1v) is 11.5. The topological polar surface area (TPSA) is 188 Å². The van der Waals surface area contributed by atoms with Gasteiger partial charge in [-0.05, 0) is 36.8 Å². The van der Waals surface area contributed by atoms with Crippen LogP contribution in [0.3, 0.4) is 0 Å². The summed E-state index contributed by atoms with van der Waals surface area (Å²) < 4.78 is 28.1. The molecule has 0 radical (unpaired) electrons. The minimum absolute atomic E-state index is 0.0888. The second-order valence-electron chi connectivity index (χ2n) is 9.51. The fraction of sp³-hybridized carbons (Fsp3) is 0.542. The van der Waals surface area contributed by atoms with Crippen molar-refractivity contribution in [3.8, 4) is 5.75 Å². The number of epoxide rings is 1. The van der Waals surface area contributed by atoms with Gasteiger partial charge in [0.1, 0.15) is 47.5 Å². The lowest BCUT2D eigenvalue weighted by atomic mass is 9.82. The molecule has 6 N–H and O–H groups in total. The molecule has 4 aliphatic rings. The third-order valence-electron chi connectivity index (χ3n) is 7.22. The van der Waals surface area contributed by atoms with E-state index in [1.807, 2.05) is 0 Å². The van der Waals surface area contributed by atoms with E-state index in [2.05, 4.69) is 0 Å². The number of ether oxygens (including phenoxy) is 5. The zero-order valence-corrected chi connectivity index (χ0v) is 19.2. The summed E-state index contributed by atoms with van der Waals surface area (Å²) in [5.41, 5.74) is -2.11. The number of carbonyl (C=O) groups excluding carboxylic acids is 1. The maximum atomic E-state index is 12.6. The van der Waals surface area contributed by atoms with Crippen molar-refractivity contribution in [1.29, 1.82) is 0 Å². The molecule has 3 heterocycles. The van der Waals surface area contributed by atoms with Crippen molar-refractivity contribution in [3.05, 3.63) is 48.2 Å². The number of esters is 1. The van der Waals surface area contributed by atoms with Crippen LogP contribution in [0.1, 0.15) is 12.5 Å². The zero-order valence-electron chi connectivity index (χ0n) is 19.2. The molecule has 1 aliphatic carbocycles. The maximum absolute atomic E-state index is 12.6. The summed E-state index contributed by atoms with van der Waals surface area (Å²) in [5.74, 6) is -1.57. The second kappa shape index (κ2) is 9.08. The van der Waals surface area contributed by atoms with E-state index in [-0.39, 0.29) is 5.75 Å². The second-order valence-corrected chi connectivity index (χ2v) is 9.51. The van der Waals surface area contributed by atoms with Crippen molar-refractivity contribution in [2.45, 2.75) is 67.3 Å². The summed E-state index contributed by atoms with van der Waals surface area (Å²) in [7, 11) is 0. The quantitative estimate of drug-likeness (QED) is 0.149. The van der Waals surface area contributed by atoms with Crippen LogP contribution in [0.15, 0.2) is 42.7 Å². The van der Waals surface area contributed by atoms with E-state index >= 15 is 0 Å². The Bertz CT molecular complexity index is 1040. The number of phenolic OH excluding ortho intramolecular Hbond substituents is 1. The normalized spacial score (nSPS) is 45.1. The number of rotatable bonds is 6. The molecule has 0 spiro atoms. The Morgan fingerprint density at radius 3 is 2.53 bits per heavy atom. The Balaban J connectivity index is 1.31. The fourth-order valence-corrected chi connectivity index (χ4v) is 5.21. The summed E-state index contributed by atoms with van der Waals surface area (Å²) in [5, 5.41) is 60.7. The van der Waals surface area contributed by atoms with Crippen LogP contribution in [-0.4, -0.2) is 104 Å². The molecule has 5 rings (SSSR count). The lowest BCUT2D eigenvalue weighted by molar-refractivity contribution is -0.349. The molecule has 36 heavy (non-hydrogen) atoms. The number of fused-ring (bicyclic) bond motifs is 3. The van der Waals surface area contributed by atoms with Gasteiger partial charge in [-0.1, -0.05) is 12.1 Å². The highest BCUT2D eigenvalue weighted by atomic mass is 16.8. The summed E-state index contributed by atoms with van der Waals surface area (Å²) in [4.78, 5) is 12.6. The van der Waals surface area contributed by atoms with Gasteiger partial charge in [0, 0.05) is 6.08 Å². The molecular weight excluding hydrogens is 480 g/mol. The van der Waals surface area contributed by atoms with Gasteiger partial charge in [0.15, 0.2) is 12.4 Å². The first-order chi connectivity index (χ1) is 17.1. The summed E-state index contributed by atoms with van der Waals surface area (Å²) in [6.45, 7) is 1.06. The number of hydrogen-bond acceptors (Lipinski definition) is 12. The van der Waals surface area contributed by atoms with Crippen LogP contribution < -0.4 is 0 Å². The van der Waals surface area contributed by atoms with Crippen LogP contribution in [0.4, 0.5) is 0 Å². The minimum Gasteiger partial charge on any atom is -0.508 e. The van der Waals surface area contributed by atoms with Gasteiger partial charge in [0.25, 0.3) is 0 Å². The number of carbonyl (C=O) groups is 1. The highest BCUT2D eigenvalue weighted by Crippen LogP contribution is 2.62. The Kier molecular flexibility index (Phi) is 6.34. The fourth-order valence-electron chi connectivity index (χ4n) is 5.21. The third kappa shape index (κ3) is 4.09. The van der Waals surface area contributed by atoms with Crippen molar-refractivity contribution < 1.29 is 59.1 Å². The largest absolute Gasteiger partial charge is 0.508 e. The molecule has 0 aromatic heterocycles. The van der Waals surface area contributed by atoms with E-state index in [1.165, 1.54) is 36.6 Å². The lowest BCUT2D eigenvalue weighted by Gasteiger charge is -2.45. The average molecular weight is 508 g/mol. The van der Waals surface area contributed by atoms with E-state index in [9.17, 15) is 35.4 Å². The molecule has 1 saturated carbocycles. The molecule has 1 aromatic rings. The number of phenols is 1. The number of benzene rings is 1. The first kappa shape index (κ1) is 25.1. The zero-order chi connectivity index (χ0) is 25.8. The summed E-state index contributed by atoms with van der Waals surface area (Å²) >= 11 is 0. The highest BCUT2D eigenvalue weighted by molar-refractivity contribution is 5.87. The molecule has 1 aromatic carbocycles. The van der Waals surface area contributed by atoms with Crippen LogP contribution in [0.2, 0.25) is 0 Å². The number of aliphatic hydroxyl groups is 5. The molecule has 196 valence electrons. The first-order valence-electron chi connectivity index (χ1n) is 11.5. The Labute approximate surface area is 205 Å². The van der Waals surface area contributed by atoms with Crippen LogP contribution in [0.5, 0.6) is 5.75 Å². The summed E-state index contributed by atoms with van der Waals surface area (Å²) in [6.07, 6.45) is -5.42. The van der Waals surface area contributed by atoms with Gasteiger partial charge in [0.2, 0.25) is 6.29 Å². The van der Waals surface area contributed by atoms with E-state index in [0.29, 0.717) is 5.56 Å². The SMILES string of the molecule is CC12OC1C(OC(=O)C=Cc1ccc(O)cc1)C1(O)C=COC(OC3OC(CO)C(O)C(O)C3O)C12. The number of hydrogen-bond donors (Lipinski definition) is 6. The molecule has 2 saturated heterocycles. The van der Waals surface area contributed by atoms with Gasteiger partial charge < -0.3 is 54.3 Å². The molecule has 0 amide bonds. The van der Waals surface area contributed by atoms with Crippen LogP contribution >= 0.6 is 0 Å². The lowest BCUT2D eigenvalue weighted by Crippen LogP contribution is -2.62.